The summed E-state index contributed by atoms with van der Waals surface area (Å²) in [5, 5.41) is 8.24. The molecule has 0 unspecified atom stereocenters. The number of esters is 1. The molecule has 3 heteroatoms. The molecule has 12 heavy (non-hydrogen) atoms. The highest BCUT2D eigenvalue weighted by Gasteiger charge is 1.99. The van der Waals surface area contributed by atoms with Gasteiger partial charge in [-0.15, -0.1) is 0 Å². The van der Waals surface area contributed by atoms with Gasteiger partial charge in [0.05, 0.1) is 6.07 Å². The van der Waals surface area contributed by atoms with Gasteiger partial charge in [0.25, 0.3) is 0 Å². The van der Waals surface area contributed by atoms with Crippen LogP contribution in [0.4, 0.5) is 0 Å². The molecular formula is C9H13NO2. The Labute approximate surface area is 72.6 Å². The lowest BCUT2D eigenvalue weighted by molar-refractivity contribution is -0.142. The van der Waals surface area contributed by atoms with E-state index >= 15 is 0 Å². The number of hydrogen-bond donors (Lipinski definition) is 0. The van der Waals surface area contributed by atoms with E-state index in [9.17, 15) is 4.79 Å². The molecule has 0 aliphatic carbocycles. The van der Waals surface area contributed by atoms with E-state index in [0.717, 1.165) is 12.0 Å². The average molecular weight is 167 g/mol. The summed E-state index contributed by atoms with van der Waals surface area (Å²) in [7, 11) is 0. The number of carbonyl (C=O) groups excluding carboxylic acids is 1. The molecule has 0 amide bonds. The van der Waals surface area contributed by atoms with Crippen LogP contribution in [0.15, 0.2) is 11.6 Å². The SMILES string of the molecule is CCCC(=O)OC/C(C)=C/C#N. The summed E-state index contributed by atoms with van der Waals surface area (Å²) in [6, 6.07) is 1.87. The Kier molecular flexibility index (Phi) is 5.72. The Morgan fingerprint density at radius 1 is 1.67 bits per heavy atom. The Balaban J connectivity index is 3.63. The first-order valence-electron chi connectivity index (χ1n) is 3.91. The van der Waals surface area contributed by atoms with Gasteiger partial charge in [-0.25, -0.2) is 0 Å². The van der Waals surface area contributed by atoms with Crippen LogP contribution in [0.25, 0.3) is 0 Å². The van der Waals surface area contributed by atoms with Crippen LogP contribution in [0.2, 0.25) is 0 Å². The Morgan fingerprint density at radius 3 is 2.83 bits per heavy atom. The zero-order valence-corrected chi connectivity index (χ0v) is 7.46. The molecule has 0 atom stereocenters. The number of rotatable bonds is 4. The molecule has 0 saturated heterocycles. The molecule has 0 heterocycles. The second-order valence-corrected chi connectivity index (χ2v) is 2.53. The molecular weight excluding hydrogens is 154 g/mol. The molecule has 0 aliphatic rings. The fraction of sp³-hybridized carbons (Fsp3) is 0.556. The lowest BCUT2D eigenvalue weighted by atomic mass is 10.3. The van der Waals surface area contributed by atoms with Crippen LogP contribution in [0.5, 0.6) is 0 Å². The molecule has 0 fully saturated rings. The first-order chi connectivity index (χ1) is 5.70. The first kappa shape index (κ1) is 10.7. The topological polar surface area (TPSA) is 50.1 Å². The van der Waals surface area contributed by atoms with E-state index in [2.05, 4.69) is 0 Å². The molecule has 66 valence electrons. The van der Waals surface area contributed by atoms with E-state index in [4.69, 9.17) is 10.00 Å². The highest BCUT2D eigenvalue weighted by molar-refractivity contribution is 5.69. The van der Waals surface area contributed by atoms with Gasteiger partial charge in [0.1, 0.15) is 6.61 Å². The van der Waals surface area contributed by atoms with Crippen molar-refractivity contribution in [3.8, 4) is 6.07 Å². The maximum Gasteiger partial charge on any atom is 0.306 e. The summed E-state index contributed by atoms with van der Waals surface area (Å²) in [5.74, 6) is -0.205. The van der Waals surface area contributed by atoms with E-state index in [1.807, 2.05) is 13.0 Å². The van der Waals surface area contributed by atoms with Crippen LogP contribution in [-0.4, -0.2) is 12.6 Å². The summed E-state index contributed by atoms with van der Waals surface area (Å²) in [6.45, 7) is 3.90. The Hall–Kier alpha value is -1.30. The molecule has 0 aliphatic heterocycles. The Bertz CT molecular complexity index is 213. The molecule has 0 N–H and O–H groups in total. The number of allylic oxidation sites excluding steroid dienone is 1. The third kappa shape index (κ3) is 5.48. The monoisotopic (exact) mass is 167 g/mol. The van der Waals surface area contributed by atoms with Gasteiger partial charge >= 0.3 is 5.97 Å². The zero-order valence-electron chi connectivity index (χ0n) is 7.46. The molecule has 0 bridgehead atoms. The predicted molar refractivity (Wildman–Crippen MR) is 45.2 cm³/mol. The van der Waals surface area contributed by atoms with Crippen molar-refractivity contribution in [3.63, 3.8) is 0 Å². The number of nitriles is 1. The molecule has 0 saturated carbocycles. The molecule has 3 nitrogen and oxygen atoms in total. The smallest absolute Gasteiger partial charge is 0.306 e. The van der Waals surface area contributed by atoms with E-state index < -0.39 is 0 Å². The van der Waals surface area contributed by atoms with E-state index in [-0.39, 0.29) is 12.6 Å². The van der Waals surface area contributed by atoms with E-state index in [1.54, 1.807) is 6.92 Å². The number of nitrogens with zero attached hydrogens (tertiary/aromatic N) is 1. The minimum absolute atomic E-state index is 0.205. The number of hydrogen-bond acceptors (Lipinski definition) is 3. The van der Waals surface area contributed by atoms with Crippen LogP contribution >= 0.6 is 0 Å². The summed E-state index contributed by atoms with van der Waals surface area (Å²) in [4.78, 5) is 10.8. The van der Waals surface area contributed by atoms with Gasteiger partial charge < -0.3 is 4.74 Å². The van der Waals surface area contributed by atoms with Gasteiger partial charge in [0.15, 0.2) is 0 Å². The van der Waals surface area contributed by atoms with Crippen molar-refractivity contribution < 1.29 is 9.53 Å². The normalized spacial score (nSPS) is 10.6. The van der Waals surface area contributed by atoms with Gasteiger partial charge in [-0.2, -0.15) is 5.26 Å². The van der Waals surface area contributed by atoms with Gasteiger partial charge in [0, 0.05) is 12.5 Å². The summed E-state index contributed by atoms with van der Waals surface area (Å²) < 4.78 is 4.84. The van der Waals surface area contributed by atoms with E-state index in [1.165, 1.54) is 6.08 Å². The summed E-state index contributed by atoms with van der Waals surface area (Å²) in [6.07, 6.45) is 2.61. The molecule has 0 radical (unpaired) electrons. The number of ether oxygens (including phenoxy) is 1. The minimum Gasteiger partial charge on any atom is -0.461 e. The second-order valence-electron chi connectivity index (χ2n) is 2.53. The van der Waals surface area contributed by atoms with Crippen molar-refractivity contribution in [3.05, 3.63) is 11.6 Å². The zero-order chi connectivity index (χ0) is 9.40. The van der Waals surface area contributed by atoms with Crippen molar-refractivity contribution in [2.24, 2.45) is 0 Å². The fourth-order valence-electron chi connectivity index (χ4n) is 0.622. The highest BCUT2D eigenvalue weighted by atomic mass is 16.5. The maximum absolute atomic E-state index is 10.8. The van der Waals surface area contributed by atoms with Gasteiger partial charge in [-0.3, -0.25) is 4.79 Å². The highest BCUT2D eigenvalue weighted by Crippen LogP contribution is 1.96. The largest absolute Gasteiger partial charge is 0.461 e. The molecule has 0 rings (SSSR count). The van der Waals surface area contributed by atoms with Crippen LogP contribution in [-0.2, 0) is 9.53 Å². The van der Waals surface area contributed by atoms with E-state index in [0.29, 0.717) is 6.42 Å². The molecule has 0 aromatic rings. The predicted octanol–water partition coefficient (Wildman–Crippen LogP) is 1.80. The van der Waals surface area contributed by atoms with Crippen molar-refractivity contribution in [1.82, 2.24) is 0 Å². The van der Waals surface area contributed by atoms with Crippen LogP contribution < -0.4 is 0 Å². The Morgan fingerprint density at radius 2 is 2.33 bits per heavy atom. The van der Waals surface area contributed by atoms with Crippen molar-refractivity contribution in [2.75, 3.05) is 6.61 Å². The van der Waals surface area contributed by atoms with Gasteiger partial charge in [-0.05, 0) is 18.9 Å². The van der Waals surface area contributed by atoms with Crippen molar-refractivity contribution >= 4 is 5.97 Å². The second kappa shape index (κ2) is 6.41. The lowest BCUT2D eigenvalue weighted by Crippen LogP contribution is -2.05. The standard InChI is InChI=1S/C9H13NO2/c1-3-4-9(11)12-7-8(2)5-6-10/h5H,3-4,7H2,1-2H3/b8-5+. The minimum atomic E-state index is -0.205. The average Bonchev–Trinajstić information content (AvgIpc) is 2.02. The molecule has 0 aromatic heterocycles. The summed E-state index contributed by atoms with van der Waals surface area (Å²) >= 11 is 0. The van der Waals surface area contributed by atoms with Gasteiger partial charge in [-0.1, -0.05) is 6.92 Å². The van der Waals surface area contributed by atoms with Crippen molar-refractivity contribution in [2.45, 2.75) is 26.7 Å². The maximum atomic E-state index is 10.8. The quantitative estimate of drug-likeness (QED) is 0.474. The first-order valence-corrected chi connectivity index (χ1v) is 3.91. The lowest BCUT2D eigenvalue weighted by Gasteiger charge is -2.01. The number of carbonyl (C=O) groups is 1. The third-order valence-electron chi connectivity index (χ3n) is 1.23. The molecule has 0 aromatic carbocycles. The van der Waals surface area contributed by atoms with Crippen molar-refractivity contribution in [1.29, 1.82) is 5.26 Å². The fourth-order valence-corrected chi connectivity index (χ4v) is 0.622. The van der Waals surface area contributed by atoms with Crippen LogP contribution in [0.3, 0.4) is 0 Å². The summed E-state index contributed by atoms with van der Waals surface area (Å²) in [5.41, 5.74) is 0.766. The van der Waals surface area contributed by atoms with Gasteiger partial charge in [0.2, 0.25) is 0 Å². The van der Waals surface area contributed by atoms with Crippen LogP contribution in [0.1, 0.15) is 26.7 Å². The van der Waals surface area contributed by atoms with Crippen LogP contribution in [0, 0.1) is 11.3 Å². The third-order valence-corrected chi connectivity index (χ3v) is 1.23. The molecule has 0 spiro atoms.